The van der Waals surface area contributed by atoms with Crippen LogP contribution in [0.15, 0.2) is 35.2 Å². The number of hydrogen-bond donors (Lipinski definition) is 0. The Bertz CT molecular complexity index is 412. The Morgan fingerprint density at radius 2 is 1.75 bits per heavy atom. The van der Waals surface area contributed by atoms with Gasteiger partial charge in [-0.1, -0.05) is 31.5 Å². The standard InChI is InChI=1S/C12H19NO2S/c1-4-8-12(13(2)3)16(14,15)11-9-6-5-7-10-11/h5-7,9-10,12H,4,8H2,1-3H3. The molecule has 1 unspecified atom stereocenters. The minimum Gasteiger partial charge on any atom is -0.293 e. The summed E-state index contributed by atoms with van der Waals surface area (Å²) >= 11 is 0. The van der Waals surface area contributed by atoms with Crippen LogP contribution < -0.4 is 0 Å². The zero-order chi connectivity index (χ0) is 12.2. The highest BCUT2D eigenvalue weighted by Gasteiger charge is 2.28. The van der Waals surface area contributed by atoms with Crippen LogP contribution in [0.5, 0.6) is 0 Å². The molecule has 90 valence electrons. The van der Waals surface area contributed by atoms with E-state index in [2.05, 4.69) is 0 Å². The van der Waals surface area contributed by atoms with Crippen LogP contribution >= 0.6 is 0 Å². The maximum Gasteiger partial charge on any atom is 0.194 e. The van der Waals surface area contributed by atoms with E-state index in [0.29, 0.717) is 11.3 Å². The van der Waals surface area contributed by atoms with Crippen LogP contribution in [0.2, 0.25) is 0 Å². The van der Waals surface area contributed by atoms with E-state index in [4.69, 9.17) is 0 Å². The van der Waals surface area contributed by atoms with Crippen molar-refractivity contribution in [2.75, 3.05) is 14.1 Å². The largest absolute Gasteiger partial charge is 0.293 e. The van der Waals surface area contributed by atoms with Gasteiger partial charge in [-0.15, -0.1) is 0 Å². The highest BCUT2D eigenvalue weighted by Crippen LogP contribution is 2.20. The molecule has 0 aliphatic heterocycles. The molecule has 0 saturated carbocycles. The Morgan fingerprint density at radius 1 is 1.19 bits per heavy atom. The second-order valence-corrected chi connectivity index (χ2v) is 6.17. The molecule has 0 radical (unpaired) electrons. The van der Waals surface area contributed by atoms with Crippen LogP contribution in [0.25, 0.3) is 0 Å². The molecule has 0 spiro atoms. The number of nitrogens with zero attached hydrogens (tertiary/aromatic N) is 1. The third-order valence-corrected chi connectivity index (χ3v) is 4.84. The quantitative estimate of drug-likeness (QED) is 0.792. The second kappa shape index (κ2) is 5.46. The minimum atomic E-state index is -3.24. The summed E-state index contributed by atoms with van der Waals surface area (Å²) in [6.07, 6.45) is 1.51. The van der Waals surface area contributed by atoms with Crippen molar-refractivity contribution >= 4 is 9.84 Å². The Balaban J connectivity index is 3.09. The highest BCUT2D eigenvalue weighted by molar-refractivity contribution is 7.92. The van der Waals surface area contributed by atoms with Crippen LogP contribution in [-0.4, -0.2) is 32.8 Å². The summed E-state index contributed by atoms with van der Waals surface area (Å²) in [7, 11) is 0.376. The average molecular weight is 241 g/mol. The van der Waals surface area contributed by atoms with Gasteiger partial charge in [0.05, 0.1) is 4.90 Å². The van der Waals surface area contributed by atoms with Gasteiger partial charge in [0, 0.05) is 0 Å². The van der Waals surface area contributed by atoms with Crippen LogP contribution in [0.4, 0.5) is 0 Å². The molecule has 0 aliphatic carbocycles. The SMILES string of the molecule is CCCC(N(C)C)S(=O)(=O)c1ccccc1. The predicted molar refractivity (Wildman–Crippen MR) is 66.0 cm³/mol. The van der Waals surface area contributed by atoms with Crippen molar-refractivity contribution < 1.29 is 8.42 Å². The van der Waals surface area contributed by atoms with Gasteiger partial charge >= 0.3 is 0 Å². The molecule has 0 heterocycles. The van der Waals surface area contributed by atoms with E-state index < -0.39 is 15.2 Å². The molecule has 1 atom stereocenters. The van der Waals surface area contributed by atoms with Gasteiger partial charge in [0.15, 0.2) is 9.84 Å². The molecule has 1 aromatic carbocycles. The van der Waals surface area contributed by atoms with Gasteiger partial charge in [0.25, 0.3) is 0 Å². The lowest BCUT2D eigenvalue weighted by molar-refractivity contribution is 0.346. The van der Waals surface area contributed by atoms with Crippen molar-refractivity contribution in [1.29, 1.82) is 0 Å². The maximum absolute atomic E-state index is 12.3. The van der Waals surface area contributed by atoms with E-state index in [1.54, 1.807) is 43.3 Å². The van der Waals surface area contributed by atoms with Gasteiger partial charge < -0.3 is 0 Å². The highest BCUT2D eigenvalue weighted by atomic mass is 32.2. The van der Waals surface area contributed by atoms with E-state index in [0.717, 1.165) is 6.42 Å². The van der Waals surface area contributed by atoms with Crippen LogP contribution in [-0.2, 0) is 9.84 Å². The fourth-order valence-corrected chi connectivity index (χ4v) is 3.66. The lowest BCUT2D eigenvalue weighted by Gasteiger charge is -2.23. The number of hydrogen-bond acceptors (Lipinski definition) is 3. The first-order chi connectivity index (χ1) is 7.50. The summed E-state index contributed by atoms with van der Waals surface area (Å²) in [6, 6.07) is 8.64. The monoisotopic (exact) mass is 241 g/mol. The van der Waals surface area contributed by atoms with Gasteiger partial charge in [-0.3, -0.25) is 4.90 Å². The summed E-state index contributed by atoms with van der Waals surface area (Å²) in [5, 5.41) is -0.431. The van der Waals surface area contributed by atoms with Crippen molar-refractivity contribution in [2.24, 2.45) is 0 Å². The van der Waals surface area contributed by atoms with E-state index >= 15 is 0 Å². The molecule has 0 N–H and O–H groups in total. The molecule has 1 rings (SSSR count). The normalized spacial score (nSPS) is 14.0. The first-order valence-corrected chi connectivity index (χ1v) is 7.00. The Kier molecular flexibility index (Phi) is 4.50. The molecule has 4 heteroatoms. The van der Waals surface area contributed by atoms with Gasteiger partial charge in [-0.05, 0) is 32.6 Å². The van der Waals surface area contributed by atoms with E-state index in [1.165, 1.54) is 0 Å². The first-order valence-electron chi connectivity index (χ1n) is 5.45. The molecule has 0 aliphatic rings. The molecule has 0 bridgehead atoms. The van der Waals surface area contributed by atoms with Crippen LogP contribution in [0, 0.1) is 0 Å². The zero-order valence-electron chi connectivity index (χ0n) is 10.1. The smallest absolute Gasteiger partial charge is 0.194 e. The molecule has 0 amide bonds. The number of sulfone groups is 1. The lowest BCUT2D eigenvalue weighted by atomic mass is 10.3. The van der Waals surface area contributed by atoms with Gasteiger partial charge in [-0.25, -0.2) is 8.42 Å². The van der Waals surface area contributed by atoms with Crippen molar-refractivity contribution in [3.8, 4) is 0 Å². The summed E-state index contributed by atoms with van der Waals surface area (Å²) in [6.45, 7) is 2.00. The summed E-state index contributed by atoms with van der Waals surface area (Å²) in [4.78, 5) is 2.17. The maximum atomic E-state index is 12.3. The first kappa shape index (κ1) is 13.2. The lowest BCUT2D eigenvalue weighted by Crippen LogP contribution is -2.35. The van der Waals surface area contributed by atoms with Crippen molar-refractivity contribution in [1.82, 2.24) is 4.90 Å². The number of benzene rings is 1. The third-order valence-electron chi connectivity index (χ3n) is 2.54. The fourth-order valence-electron chi connectivity index (χ4n) is 1.71. The third kappa shape index (κ3) is 2.83. The summed E-state index contributed by atoms with van der Waals surface area (Å²) in [5.74, 6) is 0. The predicted octanol–water partition coefficient (Wildman–Crippen LogP) is 2.15. The molecule has 1 aromatic rings. The van der Waals surface area contributed by atoms with Gasteiger partial charge in [0.2, 0.25) is 0 Å². The van der Waals surface area contributed by atoms with E-state index in [1.807, 2.05) is 13.0 Å². The van der Waals surface area contributed by atoms with Gasteiger partial charge in [-0.2, -0.15) is 0 Å². The zero-order valence-corrected chi connectivity index (χ0v) is 10.9. The average Bonchev–Trinajstić information content (AvgIpc) is 2.26. The van der Waals surface area contributed by atoms with Crippen LogP contribution in [0.3, 0.4) is 0 Å². The Labute approximate surface area is 98.0 Å². The topological polar surface area (TPSA) is 37.4 Å². The van der Waals surface area contributed by atoms with Crippen molar-refractivity contribution in [3.63, 3.8) is 0 Å². The molecule has 3 nitrogen and oxygen atoms in total. The van der Waals surface area contributed by atoms with Gasteiger partial charge in [0.1, 0.15) is 5.37 Å². The second-order valence-electron chi connectivity index (χ2n) is 4.06. The minimum absolute atomic E-state index is 0.405. The Hall–Kier alpha value is -0.870. The van der Waals surface area contributed by atoms with Crippen LogP contribution in [0.1, 0.15) is 19.8 Å². The van der Waals surface area contributed by atoms with Crippen molar-refractivity contribution in [2.45, 2.75) is 30.0 Å². The van der Waals surface area contributed by atoms with E-state index in [9.17, 15) is 8.42 Å². The van der Waals surface area contributed by atoms with Crippen molar-refractivity contribution in [3.05, 3.63) is 30.3 Å². The fraction of sp³-hybridized carbons (Fsp3) is 0.500. The molecule has 0 fully saturated rings. The summed E-state index contributed by atoms with van der Waals surface area (Å²) in [5.41, 5.74) is 0. The molecule has 0 saturated heterocycles. The Morgan fingerprint density at radius 3 is 2.19 bits per heavy atom. The molecule has 16 heavy (non-hydrogen) atoms. The number of rotatable bonds is 5. The van der Waals surface area contributed by atoms with E-state index in [-0.39, 0.29) is 0 Å². The summed E-state index contributed by atoms with van der Waals surface area (Å²) < 4.78 is 24.6. The molecule has 0 aromatic heterocycles. The molecular formula is C12H19NO2S. The molecular weight excluding hydrogens is 222 g/mol.